The van der Waals surface area contributed by atoms with Crippen molar-refractivity contribution < 1.29 is 19.4 Å². The van der Waals surface area contributed by atoms with Crippen LogP contribution in [0.5, 0.6) is 0 Å². The van der Waals surface area contributed by atoms with E-state index < -0.39 is 11.9 Å². The number of halogens is 1. The first-order chi connectivity index (χ1) is 6.97. The SMILES string of the molecule is COC(=O)c1c(C)cc(C(=O)O)cc1Cl. The van der Waals surface area contributed by atoms with Crippen molar-refractivity contribution in [3.05, 3.63) is 33.8 Å². The summed E-state index contributed by atoms with van der Waals surface area (Å²) in [6, 6.07) is 2.60. The Morgan fingerprint density at radius 2 is 2.00 bits per heavy atom. The van der Waals surface area contributed by atoms with E-state index in [1.807, 2.05) is 0 Å². The van der Waals surface area contributed by atoms with Crippen LogP contribution in [-0.4, -0.2) is 24.2 Å². The molecule has 0 unspecified atom stereocenters. The molecule has 1 rings (SSSR count). The molecular formula is C10H9ClO4. The quantitative estimate of drug-likeness (QED) is 0.788. The van der Waals surface area contributed by atoms with Crippen molar-refractivity contribution in [1.82, 2.24) is 0 Å². The van der Waals surface area contributed by atoms with Crippen molar-refractivity contribution in [3.63, 3.8) is 0 Å². The number of methoxy groups -OCH3 is 1. The highest BCUT2D eigenvalue weighted by Gasteiger charge is 2.16. The molecule has 0 atom stereocenters. The van der Waals surface area contributed by atoms with Gasteiger partial charge in [-0.3, -0.25) is 0 Å². The average molecular weight is 229 g/mol. The molecule has 1 aromatic rings. The second-order valence-corrected chi connectivity index (χ2v) is 3.35. The fourth-order valence-corrected chi connectivity index (χ4v) is 1.57. The maximum Gasteiger partial charge on any atom is 0.339 e. The number of carboxylic acids is 1. The molecule has 1 N–H and O–H groups in total. The molecule has 0 aliphatic rings. The number of carbonyl (C=O) groups excluding carboxylic acids is 1. The van der Waals surface area contributed by atoms with Gasteiger partial charge in [0.25, 0.3) is 0 Å². The molecule has 0 saturated heterocycles. The average Bonchev–Trinajstić information content (AvgIpc) is 2.16. The summed E-state index contributed by atoms with van der Waals surface area (Å²) in [6.45, 7) is 1.60. The summed E-state index contributed by atoms with van der Waals surface area (Å²) >= 11 is 5.79. The number of aromatic carboxylic acids is 1. The minimum Gasteiger partial charge on any atom is -0.478 e. The topological polar surface area (TPSA) is 63.6 Å². The predicted octanol–water partition coefficient (Wildman–Crippen LogP) is 2.13. The lowest BCUT2D eigenvalue weighted by molar-refractivity contribution is 0.0598. The molecule has 0 radical (unpaired) electrons. The minimum absolute atomic E-state index is 0.0464. The molecular weight excluding hydrogens is 220 g/mol. The van der Waals surface area contributed by atoms with Gasteiger partial charge in [-0.25, -0.2) is 9.59 Å². The van der Waals surface area contributed by atoms with E-state index in [-0.39, 0.29) is 16.1 Å². The molecule has 80 valence electrons. The number of benzene rings is 1. The standard InChI is InChI=1S/C10H9ClO4/c1-5-3-6(9(12)13)4-7(11)8(5)10(14)15-2/h3-4H,1-2H3,(H,12,13). The van der Waals surface area contributed by atoms with E-state index >= 15 is 0 Å². The molecule has 4 nitrogen and oxygen atoms in total. The molecule has 0 aromatic heterocycles. The molecule has 0 bridgehead atoms. The second-order valence-electron chi connectivity index (χ2n) is 2.95. The fourth-order valence-electron chi connectivity index (χ4n) is 1.23. The Kier molecular flexibility index (Phi) is 3.31. The van der Waals surface area contributed by atoms with Gasteiger partial charge in [-0.15, -0.1) is 0 Å². The van der Waals surface area contributed by atoms with Gasteiger partial charge >= 0.3 is 11.9 Å². The van der Waals surface area contributed by atoms with E-state index in [1.165, 1.54) is 19.2 Å². The lowest BCUT2D eigenvalue weighted by atomic mass is 10.1. The number of hydrogen-bond acceptors (Lipinski definition) is 3. The Hall–Kier alpha value is -1.55. The van der Waals surface area contributed by atoms with Gasteiger partial charge in [0, 0.05) is 0 Å². The smallest absolute Gasteiger partial charge is 0.339 e. The maximum atomic E-state index is 11.3. The van der Waals surface area contributed by atoms with Crippen molar-refractivity contribution in [2.75, 3.05) is 7.11 Å². The van der Waals surface area contributed by atoms with Crippen LogP contribution in [0.3, 0.4) is 0 Å². The van der Waals surface area contributed by atoms with Gasteiger partial charge in [0.05, 0.1) is 23.3 Å². The first-order valence-corrected chi connectivity index (χ1v) is 4.47. The largest absolute Gasteiger partial charge is 0.478 e. The number of aryl methyl sites for hydroxylation is 1. The Morgan fingerprint density at radius 1 is 1.40 bits per heavy atom. The van der Waals surface area contributed by atoms with Gasteiger partial charge in [0.15, 0.2) is 0 Å². The molecule has 0 saturated carbocycles. The van der Waals surface area contributed by atoms with Crippen LogP contribution in [0.2, 0.25) is 5.02 Å². The Morgan fingerprint density at radius 3 is 2.40 bits per heavy atom. The number of esters is 1. The monoisotopic (exact) mass is 228 g/mol. The third-order valence-electron chi connectivity index (χ3n) is 1.92. The number of carbonyl (C=O) groups is 2. The third kappa shape index (κ3) is 2.27. The molecule has 15 heavy (non-hydrogen) atoms. The fraction of sp³-hybridized carbons (Fsp3) is 0.200. The number of ether oxygens (including phenoxy) is 1. The lowest BCUT2D eigenvalue weighted by Crippen LogP contribution is -2.07. The molecule has 0 spiro atoms. The van der Waals surface area contributed by atoms with Crippen molar-refractivity contribution in [2.45, 2.75) is 6.92 Å². The van der Waals surface area contributed by atoms with E-state index in [2.05, 4.69) is 4.74 Å². The summed E-state index contributed by atoms with van der Waals surface area (Å²) in [5.41, 5.74) is 0.723. The van der Waals surface area contributed by atoms with Crippen molar-refractivity contribution in [3.8, 4) is 0 Å². The zero-order valence-corrected chi connectivity index (χ0v) is 8.96. The molecule has 0 fully saturated rings. The molecule has 5 heteroatoms. The van der Waals surface area contributed by atoms with E-state index in [0.29, 0.717) is 5.56 Å². The highest BCUT2D eigenvalue weighted by molar-refractivity contribution is 6.34. The van der Waals surface area contributed by atoms with E-state index in [1.54, 1.807) is 6.92 Å². The van der Waals surface area contributed by atoms with E-state index in [9.17, 15) is 9.59 Å². The summed E-state index contributed by atoms with van der Waals surface area (Å²) in [7, 11) is 1.24. The summed E-state index contributed by atoms with van der Waals surface area (Å²) in [5, 5.41) is 8.83. The number of hydrogen-bond donors (Lipinski definition) is 1. The van der Waals surface area contributed by atoms with Gasteiger partial charge < -0.3 is 9.84 Å². The Bertz CT molecular complexity index is 402. The summed E-state index contributed by atoms with van der Waals surface area (Å²) < 4.78 is 4.53. The Balaban J connectivity index is 3.33. The van der Waals surface area contributed by atoms with Crippen LogP contribution in [0.1, 0.15) is 26.3 Å². The lowest BCUT2D eigenvalue weighted by Gasteiger charge is -2.07. The van der Waals surface area contributed by atoms with Crippen LogP contribution in [0.4, 0.5) is 0 Å². The number of rotatable bonds is 2. The zero-order valence-electron chi connectivity index (χ0n) is 8.20. The van der Waals surface area contributed by atoms with Gasteiger partial charge in [-0.2, -0.15) is 0 Å². The normalized spacial score (nSPS) is 9.80. The first-order valence-electron chi connectivity index (χ1n) is 4.09. The zero-order chi connectivity index (χ0) is 11.6. The van der Waals surface area contributed by atoms with Crippen LogP contribution in [0.15, 0.2) is 12.1 Å². The highest BCUT2D eigenvalue weighted by atomic mass is 35.5. The summed E-state index contributed by atoms with van der Waals surface area (Å²) in [6.07, 6.45) is 0. The van der Waals surface area contributed by atoms with Crippen LogP contribution < -0.4 is 0 Å². The molecule has 0 aliphatic carbocycles. The van der Waals surface area contributed by atoms with Gasteiger partial charge in [0.2, 0.25) is 0 Å². The first kappa shape index (κ1) is 11.5. The third-order valence-corrected chi connectivity index (χ3v) is 2.22. The van der Waals surface area contributed by atoms with Crippen molar-refractivity contribution in [1.29, 1.82) is 0 Å². The van der Waals surface area contributed by atoms with E-state index in [0.717, 1.165) is 0 Å². The van der Waals surface area contributed by atoms with Gasteiger partial charge in [0.1, 0.15) is 0 Å². The van der Waals surface area contributed by atoms with Crippen LogP contribution >= 0.6 is 11.6 Å². The van der Waals surface area contributed by atoms with Crippen LogP contribution in [0, 0.1) is 6.92 Å². The maximum absolute atomic E-state index is 11.3. The summed E-state index contributed by atoms with van der Waals surface area (Å²) in [4.78, 5) is 22.0. The molecule has 0 heterocycles. The van der Waals surface area contributed by atoms with Gasteiger partial charge in [-0.05, 0) is 24.6 Å². The Labute approximate surface area is 91.4 Å². The van der Waals surface area contributed by atoms with E-state index in [4.69, 9.17) is 16.7 Å². The molecule has 1 aromatic carbocycles. The van der Waals surface area contributed by atoms with Crippen molar-refractivity contribution >= 4 is 23.5 Å². The second kappa shape index (κ2) is 4.31. The molecule has 0 amide bonds. The summed E-state index contributed by atoms with van der Waals surface area (Å²) in [5.74, 6) is -1.66. The highest BCUT2D eigenvalue weighted by Crippen LogP contribution is 2.23. The predicted molar refractivity (Wildman–Crippen MR) is 54.5 cm³/mol. The minimum atomic E-state index is -1.09. The van der Waals surface area contributed by atoms with Crippen molar-refractivity contribution in [2.24, 2.45) is 0 Å². The molecule has 0 aliphatic heterocycles. The van der Waals surface area contributed by atoms with Crippen LogP contribution in [-0.2, 0) is 4.74 Å². The van der Waals surface area contributed by atoms with Gasteiger partial charge in [-0.1, -0.05) is 11.6 Å². The number of carboxylic acid groups (broad SMARTS) is 1. The van der Waals surface area contributed by atoms with Crippen LogP contribution in [0.25, 0.3) is 0 Å².